The molecule has 1 aromatic carbocycles. The Bertz CT molecular complexity index is 1020. The van der Waals surface area contributed by atoms with Crippen LogP contribution in [0.25, 0.3) is 0 Å². The third-order valence-electron chi connectivity index (χ3n) is 3.89. The molecule has 0 radical (unpaired) electrons. The van der Waals surface area contributed by atoms with Crippen molar-refractivity contribution in [2.24, 2.45) is 0 Å². The molecule has 0 saturated carbocycles. The van der Waals surface area contributed by atoms with Gasteiger partial charge in [-0.1, -0.05) is 29.3 Å². The number of carbonyl (C=O) groups is 1. The van der Waals surface area contributed by atoms with E-state index in [2.05, 4.69) is 20.6 Å². The van der Waals surface area contributed by atoms with Crippen LogP contribution in [0.2, 0.25) is 10.0 Å². The van der Waals surface area contributed by atoms with Gasteiger partial charge in [0.2, 0.25) is 0 Å². The zero-order valence-electron chi connectivity index (χ0n) is 14.5. The Balaban J connectivity index is 2.01. The normalized spacial score (nSPS) is 12.3. The second-order valence-electron chi connectivity index (χ2n) is 5.88. The summed E-state index contributed by atoms with van der Waals surface area (Å²) in [5.41, 5.74) is -0.697. The molecule has 0 bridgehead atoms. The molecule has 5 nitrogen and oxygen atoms in total. The number of alkyl halides is 3. The highest BCUT2D eigenvalue weighted by Crippen LogP contribution is 2.36. The fourth-order valence-electron chi connectivity index (χ4n) is 2.62. The van der Waals surface area contributed by atoms with Crippen molar-refractivity contribution < 1.29 is 18.0 Å². The number of halogens is 5. The lowest BCUT2D eigenvalue weighted by Gasteiger charge is -2.23. The molecule has 10 heteroatoms. The Morgan fingerprint density at radius 2 is 1.79 bits per heavy atom. The predicted molar refractivity (Wildman–Crippen MR) is 104 cm³/mol. The molecule has 0 aliphatic rings. The van der Waals surface area contributed by atoms with E-state index < -0.39 is 23.8 Å². The van der Waals surface area contributed by atoms with Crippen LogP contribution >= 0.6 is 23.2 Å². The SMILES string of the molecule is O=C(Nc1cccnc1)N[C@@H](c1ccc(Cl)c(Cl)c1)c1ncccc1C(F)(F)F. The molecule has 150 valence electrons. The first-order chi connectivity index (χ1) is 13.8. The zero-order chi connectivity index (χ0) is 21.0. The van der Waals surface area contributed by atoms with Gasteiger partial charge in [0.15, 0.2) is 0 Å². The number of hydrogen-bond acceptors (Lipinski definition) is 3. The maximum Gasteiger partial charge on any atom is 0.418 e. The molecule has 3 aromatic rings. The quantitative estimate of drug-likeness (QED) is 0.545. The van der Waals surface area contributed by atoms with Crippen molar-refractivity contribution in [2.45, 2.75) is 12.2 Å². The molecule has 1 atom stereocenters. The van der Waals surface area contributed by atoms with Crippen LogP contribution in [0.3, 0.4) is 0 Å². The van der Waals surface area contributed by atoms with Crippen molar-refractivity contribution in [3.63, 3.8) is 0 Å². The van der Waals surface area contributed by atoms with E-state index in [0.29, 0.717) is 5.69 Å². The number of nitrogens with one attached hydrogen (secondary N) is 2. The maximum absolute atomic E-state index is 13.5. The summed E-state index contributed by atoms with van der Waals surface area (Å²) in [4.78, 5) is 20.2. The van der Waals surface area contributed by atoms with Gasteiger partial charge in [-0.2, -0.15) is 13.2 Å². The van der Waals surface area contributed by atoms with Gasteiger partial charge in [-0.05, 0) is 42.0 Å². The Hall–Kier alpha value is -2.84. The first-order valence-corrected chi connectivity index (χ1v) is 8.96. The van der Waals surface area contributed by atoms with Crippen molar-refractivity contribution in [2.75, 3.05) is 5.32 Å². The molecule has 29 heavy (non-hydrogen) atoms. The fraction of sp³-hybridized carbons (Fsp3) is 0.105. The second kappa shape index (κ2) is 8.67. The van der Waals surface area contributed by atoms with E-state index in [0.717, 1.165) is 6.07 Å². The highest BCUT2D eigenvalue weighted by molar-refractivity contribution is 6.42. The number of hydrogen-bond donors (Lipinski definition) is 2. The fourth-order valence-corrected chi connectivity index (χ4v) is 2.93. The third-order valence-corrected chi connectivity index (χ3v) is 4.63. The molecule has 2 N–H and O–H groups in total. The van der Waals surface area contributed by atoms with Gasteiger partial charge >= 0.3 is 12.2 Å². The molecule has 3 rings (SSSR count). The van der Waals surface area contributed by atoms with Gasteiger partial charge in [-0.25, -0.2) is 4.79 Å². The zero-order valence-corrected chi connectivity index (χ0v) is 16.1. The highest BCUT2D eigenvalue weighted by Gasteiger charge is 2.37. The number of aromatic nitrogens is 2. The summed E-state index contributed by atoms with van der Waals surface area (Å²) in [6.45, 7) is 0. The Morgan fingerprint density at radius 1 is 1.03 bits per heavy atom. The third kappa shape index (κ3) is 5.16. The summed E-state index contributed by atoms with van der Waals surface area (Å²) in [5, 5.41) is 5.39. The van der Waals surface area contributed by atoms with Crippen LogP contribution in [-0.2, 0) is 6.18 Å². The van der Waals surface area contributed by atoms with Gasteiger partial charge in [-0.15, -0.1) is 0 Å². The van der Waals surface area contributed by atoms with Gasteiger partial charge in [0, 0.05) is 12.4 Å². The summed E-state index contributed by atoms with van der Waals surface area (Å²) < 4.78 is 40.6. The number of benzene rings is 1. The van der Waals surface area contributed by atoms with E-state index in [1.807, 2.05) is 0 Å². The van der Waals surface area contributed by atoms with Crippen molar-refractivity contribution in [1.82, 2.24) is 15.3 Å². The summed E-state index contributed by atoms with van der Waals surface area (Å²) in [7, 11) is 0. The Labute approximate surface area is 173 Å². The maximum atomic E-state index is 13.5. The average molecular weight is 441 g/mol. The number of amides is 2. The minimum Gasteiger partial charge on any atom is -0.325 e. The van der Waals surface area contributed by atoms with Crippen LogP contribution in [0, 0.1) is 0 Å². The van der Waals surface area contributed by atoms with E-state index in [-0.39, 0.29) is 21.3 Å². The first-order valence-electron chi connectivity index (χ1n) is 8.20. The summed E-state index contributed by atoms with van der Waals surface area (Å²) in [5.74, 6) is 0. The van der Waals surface area contributed by atoms with E-state index in [1.165, 1.54) is 42.9 Å². The second-order valence-corrected chi connectivity index (χ2v) is 6.70. The van der Waals surface area contributed by atoms with Crippen LogP contribution in [0.4, 0.5) is 23.7 Å². The van der Waals surface area contributed by atoms with Crippen molar-refractivity contribution >= 4 is 34.9 Å². The molecular formula is C19H13Cl2F3N4O. The lowest BCUT2D eigenvalue weighted by molar-refractivity contribution is -0.138. The molecule has 0 saturated heterocycles. The summed E-state index contributed by atoms with van der Waals surface area (Å²) in [6.07, 6.45) is -0.532. The molecule has 0 aliphatic carbocycles. The minimum atomic E-state index is -4.67. The van der Waals surface area contributed by atoms with Crippen LogP contribution in [0.15, 0.2) is 61.1 Å². The van der Waals surface area contributed by atoms with Crippen LogP contribution in [0.1, 0.15) is 22.9 Å². The average Bonchev–Trinajstić information content (AvgIpc) is 2.68. The molecule has 0 fully saturated rings. The van der Waals surface area contributed by atoms with Gasteiger partial charge < -0.3 is 10.6 Å². The topological polar surface area (TPSA) is 66.9 Å². The molecule has 0 spiro atoms. The van der Waals surface area contributed by atoms with Gasteiger partial charge in [0.05, 0.1) is 39.2 Å². The van der Waals surface area contributed by atoms with Crippen LogP contribution in [-0.4, -0.2) is 16.0 Å². The number of urea groups is 1. The van der Waals surface area contributed by atoms with E-state index in [9.17, 15) is 18.0 Å². The molecular weight excluding hydrogens is 428 g/mol. The first kappa shape index (κ1) is 20.9. The monoisotopic (exact) mass is 440 g/mol. The summed E-state index contributed by atoms with van der Waals surface area (Å²) >= 11 is 11.9. The lowest BCUT2D eigenvalue weighted by atomic mass is 9.99. The molecule has 2 amide bonds. The summed E-state index contributed by atoms with van der Waals surface area (Å²) in [6, 6.07) is 7.57. The number of rotatable bonds is 4. The Morgan fingerprint density at radius 3 is 2.45 bits per heavy atom. The van der Waals surface area contributed by atoms with Gasteiger partial charge in [0.1, 0.15) is 0 Å². The van der Waals surface area contributed by atoms with Gasteiger partial charge in [0.25, 0.3) is 0 Å². The number of nitrogens with zero attached hydrogens (tertiary/aromatic N) is 2. The molecule has 2 aromatic heterocycles. The molecule has 0 unspecified atom stereocenters. The number of pyridine rings is 2. The predicted octanol–water partition coefficient (Wildman–Crippen LogP) is 5.71. The highest BCUT2D eigenvalue weighted by atomic mass is 35.5. The number of carbonyl (C=O) groups excluding carboxylic acids is 1. The van der Waals surface area contributed by atoms with E-state index in [1.54, 1.807) is 12.1 Å². The smallest absolute Gasteiger partial charge is 0.325 e. The molecule has 0 aliphatic heterocycles. The molecule has 2 heterocycles. The van der Waals surface area contributed by atoms with E-state index in [4.69, 9.17) is 23.2 Å². The number of anilines is 1. The van der Waals surface area contributed by atoms with Crippen molar-refractivity contribution in [3.05, 3.63) is 87.9 Å². The minimum absolute atomic E-state index is 0.133. The van der Waals surface area contributed by atoms with E-state index >= 15 is 0 Å². The van der Waals surface area contributed by atoms with Crippen LogP contribution in [0.5, 0.6) is 0 Å². The van der Waals surface area contributed by atoms with Gasteiger partial charge in [-0.3, -0.25) is 9.97 Å². The van der Waals surface area contributed by atoms with Crippen molar-refractivity contribution in [3.8, 4) is 0 Å². The van der Waals surface area contributed by atoms with Crippen molar-refractivity contribution in [1.29, 1.82) is 0 Å². The van der Waals surface area contributed by atoms with Crippen LogP contribution < -0.4 is 10.6 Å². The standard InChI is InChI=1S/C19H13Cl2F3N4O/c20-14-6-5-11(9-15(14)21)16(17-13(19(22,23)24)4-2-8-26-17)28-18(29)27-12-3-1-7-25-10-12/h1-10,16H,(H2,27,28,29)/t16-/m0/s1. The lowest BCUT2D eigenvalue weighted by Crippen LogP contribution is -2.35. The largest absolute Gasteiger partial charge is 0.418 e. The Kier molecular flexibility index (Phi) is 6.24.